The average Bonchev–Trinajstić information content (AvgIpc) is 2.50. The van der Waals surface area contributed by atoms with Crippen LogP contribution < -0.4 is 11.1 Å². The molecular weight excluding hydrogens is 274 g/mol. The highest BCUT2D eigenvalue weighted by atomic mass is 35.5. The molecule has 2 aliphatic rings. The van der Waals surface area contributed by atoms with Crippen LogP contribution in [0.3, 0.4) is 0 Å². The lowest BCUT2D eigenvalue weighted by molar-refractivity contribution is -0.120. The summed E-state index contributed by atoms with van der Waals surface area (Å²) in [5.41, 5.74) is 8.77. The van der Waals surface area contributed by atoms with Crippen molar-refractivity contribution in [2.75, 3.05) is 26.2 Å². The summed E-state index contributed by atoms with van der Waals surface area (Å²) in [5, 5.41) is 3.61. The Labute approximate surface area is 125 Å². The molecule has 0 aromatic rings. The molecular formula is C15H22ClN3O. The first-order valence-electron chi connectivity index (χ1n) is 7.13. The molecule has 20 heavy (non-hydrogen) atoms. The van der Waals surface area contributed by atoms with Gasteiger partial charge in [0.25, 0.3) is 0 Å². The van der Waals surface area contributed by atoms with Gasteiger partial charge in [0, 0.05) is 43.2 Å². The molecule has 2 bridgehead atoms. The zero-order valence-electron chi connectivity index (χ0n) is 11.9. The summed E-state index contributed by atoms with van der Waals surface area (Å²) in [6.45, 7) is 5.63. The summed E-state index contributed by atoms with van der Waals surface area (Å²) in [6, 6.07) is 0. The number of likely N-dealkylation sites (N-methyl/N-ethyl adjacent to an activating group) is 1. The third-order valence-corrected chi connectivity index (χ3v) is 4.03. The van der Waals surface area contributed by atoms with Crippen molar-refractivity contribution in [3.05, 3.63) is 34.0 Å². The van der Waals surface area contributed by atoms with Crippen molar-refractivity contribution in [3.63, 3.8) is 0 Å². The molecule has 1 aliphatic carbocycles. The van der Waals surface area contributed by atoms with Crippen molar-refractivity contribution >= 4 is 17.5 Å². The maximum atomic E-state index is 11.6. The van der Waals surface area contributed by atoms with Crippen molar-refractivity contribution in [1.29, 1.82) is 0 Å². The molecule has 0 unspecified atom stereocenters. The molecule has 4 nitrogen and oxygen atoms in total. The Morgan fingerprint density at radius 3 is 2.85 bits per heavy atom. The fraction of sp³-hybridized carbons (Fsp3) is 0.533. The van der Waals surface area contributed by atoms with Gasteiger partial charge in [-0.05, 0) is 24.6 Å². The molecule has 1 fully saturated rings. The number of nitrogens with zero attached hydrogens (tertiary/aromatic N) is 1. The van der Waals surface area contributed by atoms with Crippen LogP contribution in [0.15, 0.2) is 34.0 Å². The van der Waals surface area contributed by atoms with E-state index in [0.29, 0.717) is 13.0 Å². The van der Waals surface area contributed by atoms with Crippen molar-refractivity contribution < 1.29 is 4.79 Å². The normalized spacial score (nSPS) is 18.7. The van der Waals surface area contributed by atoms with Crippen molar-refractivity contribution in [3.8, 4) is 0 Å². The largest absolute Gasteiger partial charge is 0.329 e. The maximum absolute atomic E-state index is 11.6. The average molecular weight is 296 g/mol. The van der Waals surface area contributed by atoms with Gasteiger partial charge >= 0.3 is 0 Å². The number of nitrogens with two attached hydrogens (primary N) is 1. The Morgan fingerprint density at radius 2 is 2.15 bits per heavy atom. The minimum atomic E-state index is 0.0535. The second-order valence-corrected chi connectivity index (χ2v) is 5.63. The van der Waals surface area contributed by atoms with E-state index < -0.39 is 0 Å². The Bertz CT molecular complexity index is 480. The summed E-state index contributed by atoms with van der Waals surface area (Å²) in [5.74, 6) is 0.0535. The second-order valence-electron chi connectivity index (χ2n) is 5.22. The fourth-order valence-electron chi connectivity index (χ4n) is 2.61. The number of allylic oxidation sites excluding steroid dienone is 4. The third-order valence-electron chi connectivity index (χ3n) is 3.68. The molecule has 110 valence electrons. The molecule has 2 rings (SSSR count). The van der Waals surface area contributed by atoms with Crippen LogP contribution in [0.1, 0.15) is 26.2 Å². The summed E-state index contributed by atoms with van der Waals surface area (Å²) in [6.07, 6.45) is 6.14. The smallest absolute Gasteiger partial charge is 0.228 e. The number of nitrogens with one attached hydrogen (secondary N) is 1. The summed E-state index contributed by atoms with van der Waals surface area (Å²) in [4.78, 5) is 13.9. The monoisotopic (exact) mass is 295 g/mol. The van der Waals surface area contributed by atoms with Gasteiger partial charge in [0.15, 0.2) is 0 Å². The van der Waals surface area contributed by atoms with E-state index in [0.717, 1.165) is 54.4 Å². The number of amides is 1. The first kappa shape index (κ1) is 15.3. The molecule has 0 radical (unpaired) electrons. The van der Waals surface area contributed by atoms with Crippen LogP contribution in [0, 0.1) is 0 Å². The second kappa shape index (κ2) is 7.07. The predicted molar refractivity (Wildman–Crippen MR) is 82.2 cm³/mol. The van der Waals surface area contributed by atoms with E-state index >= 15 is 0 Å². The topological polar surface area (TPSA) is 58.4 Å². The van der Waals surface area contributed by atoms with Crippen LogP contribution in [0.5, 0.6) is 0 Å². The number of hydrogen-bond acceptors (Lipinski definition) is 3. The minimum Gasteiger partial charge on any atom is -0.329 e. The van der Waals surface area contributed by atoms with E-state index in [1.54, 1.807) is 0 Å². The van der Waals surface area contributed by atoms with Crippen LogP contribution in [-0.4, -0.2) is 37.0 Å². The van der Waals surface area contributed by atoms with Crippen LogP contribution in [0.2, 0.25) is 0 Å². The van der Waals surface area contributed by atoms with Gasteiger partial charge in [-0.15, -0.1) is 0 Å². The van der Waals surface area contributed by atoms with Crippen LogP contribution in [-0.2, 0) is 4.79 Å². The van der Waals surface area contributed by atoms with Crippen molar-refractivity contribution in [1.82, 2.24) is 10.2 Å². The lowest BCUT2D eigenvalue weighted by Gasteiger charge is -2.20. The Hall–Kier alpha value is -1.10. The molecule has 0 aromatic heterocycles. The van der Waals surface area contributed by atoms with Gasteiger partial charge in [-0.25, -0.2) is 0 Å². The van der Waals surface area contributed by atoms with E-state index in [1.807, 2.05) is 6.08 Å². The summed E-state index contributed by atoms with van der Waals surface area (Å²) >= 11 is 6.37. The number of halogens is 1. The quantitative estimate of drug-likeness (QED) is 0.787. The summed E-state index contributed by atoms with van der Waals surface area (Å²) in [7, 11) is 0. The van der Waals surface area contributed by atoms with Gasteiger partial charge in [0.05, 0.1) is 0 Å². The molecule has 5 heteroatoms. The van der Waals surface area contributed by atoms with Crippen molar-refractivity contribution in [2.24, 2.45) is 5.73 Å². The van der Waals surface area contributed by atoms with Crippen LogP contribution >= 0.6 is 11.6 Å². The predicted octanol–water partition coefficient (Wildman–Crippen LogP) is 1.88. The lowest BCUT2D eigenvalue weighted by atomic mass is 10.0. The number of carbonyl (C=O) groups is 1. The van der Waals surface area contributed by atoms with E-state index in [9.17, 15) is 4.79 Å². The molecule has 0 saturated carbocycles. The Morgan fingerprint density at radius 1 is 1.35 bits per heavy atom. The molecule has 1 saturated heterocycles. The highest BCUT2D eigenvalue weighted by molar-refractivity contribution is 6.31. The van der Waals surface area contributed by atoms with E-state index in [4.69, 9.17) is 17.3 Å². The fourth-order valence-corrected chi connectivity index (χ4v) is 2.89. The first-order chi connectivity index (χ1) is 9.62. The van der Waals surface area contributed by atoms with Crippen LogP contribution in [0.25, 0.3) is 0 Å². The number of fused-ring (bicyclic) bond motifs is 2. The highest BCUT2D eigenvalue weighted by Gasteiger charge is 2.20. The molecule has 1 heterocycles. The number of piperidine rings is 1. The van der Waals surface area contributed by atoms with Gasteiger partial charge in [0.1, 0.15) is 0 Å². The Kier molecular flexibility index (Phi) is 5.40. The van der Waals surface area contributed by atoms with Crippen molar-refractivity contribution in [2.45, 2.75) is 26.2 Å². The molecule has 0 spiro atoms. The third kappa shape index (κ3) is 3.95. The van der Waals surface area contributed by atoms with Gasteiger partial charge in [-0.2, -0.15) is 0 Å². The zero-order chi connectivity index (χ0) is 14.5. The number of hydrogen-bond donors (Lipinski definition) is 2. The van der Waals surface area contributed by atoms with Gasteiger partial charge in [0.2, 0.25) is 5.91 Å². The van der Waals surface area contributed by atoms with E-state index in [-0.39, 0.29) is 5.91 Å². The van der Waals surface area contributed by atoms with Crippen LogP contribution in [0.4, 0.5) is 0 Å². The van der Waals surface area contributed by atoms with E-state index in [2.05, 4.69) is 23.2 Å². The standard InChI is InChI=1S/C15H22ClN3O/c1-2-19(6-4-17)5-3-12-7-11-8-13(10-14(12)16)18-15(20)9-11/h7,10H,2-6,8-9,17H2,1H3,(H,18,20). The lowest BCUT2D eigenvalue weighted by Crippen LogP contribution is -2.30. The molecule has 0 aromatic carbocycles. The van der Waals surface area contributed by atoms with Gasteiger partial charge < -0.3 is 16.0 Å². The SMILES string of the molecule is CCN(CCN)CCC1=C(Cl)C=C2CC(=C1)CC(=O)N2. The minimum absolute atomic E-state index is 0.0535. The molecule has 1 amide bonds. The molecule has 1 aliphatic heterocycles. The highest BCUT2D eigenvalue weighted by Crippen LogP contribution is 2.29. The Balaban J connectivity index is 2.08. The zero-order valence-corrected chi connectivity index (χ0v) is 12.7. The summed E-state index contributed by atoms with van der Waals surface area (Å²) < 4.78 is 0. The first-order valence-corrected chi connectivity index (χ1v) is 7.51. The van der Waals surface area contributed by atoms with Gasteiger partial charge in [-0.1, -0.05) is 30.2 Å². The van der Waals surface area contributed by atoms with E-state index in [1.165, 1.54) is 0 Å². The van der Waals surface area contributed by atoms with Gasteiger partial charge in [-0.3, -0.25) is 4.79 Å². The maximum Gasteiger partial charge on any atom is 0.228 e. The molecule has 3 N–H and O–H groups in total. The number of carbonyl (C=O) groups excluding carboxylic acids is 1. The number of rotatable bonds is 6. The molecule has 0 atom stereocenters.